The SMILES string of the molecule is Cc1cccc(-c2csc(C(CO)C(C)C)n2)c1. The minimum Gasteiger partial charge on any atom is -0.396 e. The number of aromatic nitrogens is 1. The number of aliphatic hydroxyl groups excluding tert-OH is 1. The lowest BCUT2D eigenvalue weighted by molar-refractivity contribution is 0.237. The lowest BCUT2D eigenvalue weighted by Crippen LogP contribution is -2.10. The molecule has 2 nitrogen and oxygen atoms in total. The highest BCUT2D eigenvalue weighted by Crippen LogP contribution is 2.30. The van der Waals surface area contributed by atoms with Gasteiger partial charge in [-0.05, 0) is 18.9 Å². The summed E-state index contributed by atoms with van der Waals surface area (Å²) in [6.45, 7) is 6.49. The van der Waals surface area contributed by atoms with Gasteiger partial charge in [-0.1, -0.05) is 37.6 Å². The van der Waals surface area contributed by atoms with E-state index in [1.807, 2.05) is 0 Å². The molecule has 2 rings (SSSR count). The minimum atomic E-state index is 0.147. The van der Waals surface area contributed by atoms with Crippen LogP contribution in [-0.4, -0.2) is 16.7 Å². The number of hydrogen-bond donors (Lipinski definition) is 1. The van der Waals surface area contributed by atoms with Crippen LogP contribution in [0, 0.1) is 12.8 Å². The van der Waals surface area contributed by atoms with Crippen LogP contribution in [0.2, 0.25) is 0 Å². The van der Waals surface area contributed by atoms with E-state index in [9.17, 15) is 5.11 Å². The first-order valence-electron chi connectivity index (χ1n) is 6.25. The standard InChI is InChI=1S/C15H19NOS/c1-10(2)13(8-17)15-16-14(9-18-15)12-6-4-5-11(3)7-12/h4-7,9-10,13,17H,8H2,1-3H3. The average molecular weight is 261 g/mol. The number of nitrogens with zero attached hydrogens (tertiary/aromatic N) is 1. The fraction of sp³-hybridized carbons (Fsp3) is 0.400. The molecule has 2 aromatic rings. The molecule has 0 aliphatic heterocycles. The molecule has 1 aromatic carbocycles. The Labute approximate surface area is 112 Å². The number of rotatable bonds is 4. The summed E-state index contributed by atoms with van der Waals surface area (Å²) >= 11 is 1.64. The average Bonchev–Trinajstić information content (AvgIpc) is 2.79. The first-order valence-corrected chi connectivity index (χ1v) is 7.13. The fourth-order valence-electron chi connectivity index (χ4n) is 1.97. The van der Waals surface area contributed by atoms with Crippen molar-refractivity contribution in [3.8, 4) is 11.3 Å². The van der Waals surface area contributed by atoms with Crippen molar-refractivity contribution in [2.75, 3.05) is 6.61 Å². The quantitative estimate of drug-likeness (QED) is 0.906. The molecule has 0 fully saturated rings. The summed E-state index contributed by atoms with van der Waals surface area (Å²) in [5.41, 5.74) is 3.40. The summed E-state index contributed by atoms with van der Waals surface area (Å²) in [5.74, 6) is 0.556. The first-order chi connectivity index (χ1) is 8.61. The van der Waals surface area contributed by atoms with E-state index in [0.29, 0.717) is 5.92 Å². The summed E-state index contributed by atoms with van der Waals surface area (Å²) in [6.07, 6.45) is 0. The Balaban J connectivity index is 2.30. The van der Waals surface area contributed by atoms with Crippen LogP contribution in [0.1, 0.15) is 30.3 Å². The van der Waals surface area contributed by atoms with Crippen LogP contribution >= 0.6 is 11.3 Å². The highest BCUT2D eigenvalue weighted by molar-refractivity contribution is 7.10. The maximum Gasteiger partial charge on any atom is 0.0989 e. The Morgan fingerprint density at radius 2 is 2.11 bits per heavy atom. The predicted molar refractivity (Wildman–Crippen MR) is 77.0 cm³/mol. The molecular formula is C15H19NOS. The monoisotopic (exact) mass is 261 g/mol. The second kappa shape index (κ2) is 5.63. The number of benzene rings is 1. The van der Waals surface area contributed by atoms with Crippen molar-refractivity contribution in [1.82, 2.24) is 4.98 Å². The van der Waals surface area contributed by atoms with Gasteiger partial charge in [0.1, 0.15) is 0 Å². The molecular weight excluding hydrogens is 242 g/mol. The van der Waals surface area contributed by atoms with Crippen LogP contribution < -0.4 is 0 Å². The molecule has 3 heteroatoms. The van der Waals surface area contributed by atoms with E-state index < -0.39 is 0 Å². The van der Waals surface area contributed by atoms with Crippen LogP contribution in [0.3, 0.4) is 0 Å². The Hall–Kier alpha value is -1.19. The van der Waals surface area contributed by atoms with E-state index in [1.54, 1.807) is 11.3 Å². The molecule has 0 aliphatic rings. The van der Waals surface area contributed by atoms with Crippen LogP contribution in [-0.2, 0) is 0 Å². The summed E-state index contributed by atoms with van der Waals surface area (Å²) < 4.78 is 0. The molecule has 0 spiro atoms. The van der Waals surface area contributed by atoms with Gasteiger partial charge >= 0.3 is 0 Å². The summed E-state index contributed by atoms with van der Waals surface area (Å²) in [5, 5.41) is 12.6. The topological polar surface area (TPSA) is 33.1 Å². The molecule has 1 atom stereocenters. The van der Waals surface area contributed by atoms with Gasteiger partial charge in [0.05, 0.1) is 17.3 Å². The van der Waals surface area contributed by atoms with Gasteiger partial charge in [-0.25, -0.2) is 4.98 Å². The van der Waals surface area contributed by atoms with Gasteiger partial charge < -0.3 is 5.11 Å². The molecule has 96 valence electrons. The number of hydrogen-bond acceptors (Lipinski definition) is 3. The van der Waals surface area contributed by atoms with E-state index in [4.69, 9.17) is 0 Å². The molecule has 1 aromatic heterocycles. The van der Waals surface area contributed by atoms with Crippen LogP contribution in [0.15, 0.2) is 29.6 Å². The van der Waals surface area contributed by atoms with Gasteiger partial charge in [-0.15, -0.1) is 11.3 Å². The van der Waals surface area contributed by atoms with Crippen molar-refractivity contribution in [3.05, 3.63) is 40.2 Å². The maximum absolute atomic E-state index is 9.44. The molecule has 0 saturated heterocycles. The molecule has 18 heavy (non-hydrogen) atoms. The third-order valence-corrected chi connectivity index (χ3v) is 4.13. The molecule has 0 aliphatic carbocycles. The van der Waals surface area contributed by atoms with E-state index >= 15 is 0 Å². The van der Waals surface area contributed by atoms with Gasteiger partial charge in [-0.3, -0.25) is 0 Å². The minimum absolute atomic E-state index is 0.147. The van der Waals surface area contributed by atoms with E-state index in [1.165, 1.54) is 5.56 Å². The van der Waals surface area contributed by atoms with Crippen LogP contribution in [0.4, 0.5) is 0 Å². The highest BCUT2D eigenvalue weighted by Gasteiger charge is 2.18. The van der Waals surface area contributed by atoms with E-state index in [2.05, 4.69) is 55.4 Å². The summed E-state index contributed by atoms with van der Waals surface area (Å²) in [6, 6.07) is 8.36. The molecule has 0 saturated carbocycles. The zero-order chi connectivity index (χ0) is 13.1. The van der Waals surface area contributed by atoms with Crippen molar-refractivity contribution in [3.63, 3.8) is 0 Å². The molecule has 1 heterocycles. The smallest absolute Gasteiger partial charge is 0.0989 e. The van der Waals surface area contributed by atoms with Crippen LogP contribution in [0.25, 0.3) is 11.3 Å². The second-order valence-electron chi connectivity index (χ2n) is 4.97. The lowest BCUT2D eigenvalue weighted by Gasteiger charge is -2.14. The molecule has 1 N–H and O–H groups in total. The van der Waals surface area contributed by atoms with Gasteiger partial charge in [0, 0.05) is 16.9 Å². The van der Waals surface area contributed by atoms with Gasteiger partial charge in [0.15, 0.2) is 0 Å². The number of aryl methyl sites for hydroxylation is 1. The highest BCUT2D eigenvalue weighted by atomic mass is 32.1. The summed E-state index contributed by atoms with van der Waals surface area (Å²) in [7, 11) is 0. The third-order valence-electron chi connectivity index (χ3n) is 3.15. The Bertz CT molecular complexity index is 519. The number of thiazole rings is 1. The van der Waals surface area contributed by atoms with Crippen molar-refractivity contribution in [1.29, 1.82) is 0 Å². The van der Waals surface area contributed by atoms with Gasteiger partial charge in [0.2, 0.25) is 0 Å². The lowest BCUT2D eigenvalue weighted by atomic mass is 9.98. The van der Waals surface area contributed by atoms with Gasteiger partial charge in [-0.2, -0.15) is 0 Å². The number of aliphatic hydroxyl groups is 1. The third kappa shape index (κ3) is 2.79. The fourth-order valence-corrected chi connectivity index (χ4v) is 3.06. The largest absolute Gasteiger partial charge is 0.396 e. The van der Waals surface area contributed by atoms with Crippen molar-refractivity contribution in [2.24, 2.45) is 5.92 Å². The van der Waals surface area contributed by atoms with E-state index in [0.717, 1.165) is 16.3 Å². The first kappa shape index (κ1) is 13.2. The summed E-state index contributed by atoms with van der Waals surface area (Å²) in [4.78, 5) is 4.67. The Morgan fingerprint density at radius 3 is 2.72 bits per heavy atom. The Kier molecular flexibility index (Phi) is 4.15. The van der Waals surface area contributed by atoms with Gasteiger partial charge in [0.25, 0.3) is 0 Å². The Morgan fingerprint density at radius 1 is 1.33 bits per heavy atom. The maximum atomic E-state index is 9.44. The normalized spacial score (nSPS) is 12.9. The molecule has 0 radical (unpaired) electrons. The molecule has 0 bridgehead atoms. The van der Waals surface area contributed by atoms with Crippen molar-refractivity contribution >= 4 is 11.3 Å². The predicted octanol–water partition coefficient (Wildman–Crippen LogP) is 3.85. The zero-order valence-electron chi connectivity index (χ0n) is 11.1. The van der Waals surface area contributed by atoms with Crippen molar-refractivity contribution < 1.29 is 5.11 Å². The molecule has 0 amide bonds. The van der Waals surface area contributed by atoms with Crippen LogP contribution in [0.5, 0.6) is 0 Å². The van der Waals surface area contributed by atoms with Crippen molar-refractivity contribution in [2.45, 2.75) is 26.7 Å². The van der Waals surface area contributed by atoms with E-state index in [-0.39, 0.29) is 12.5 Å². The zero-order valence-corrected chi connectivity index (χ0v) is 11.9. The second-order valence-corrected chi connectivity index (χ2v) is 5.86. The molecule has 1 unspecified atom stereocenters.